The number of aromatic nitrogens is 3. The van der Waals surface area contributed by atoms with Crippen LogP contribution in [0.4, 0.5) is 0 Å². The van der Waals surface area contributed by atoms with Crippen molar-refractivity contribution in [3.63, 3.8) is 0 Å². The fraction of sp³-hybridized carbons (Fsp3) is 0.429. The molecule has 0 atom stereocenters. The van der Waals surface area contributed by atoms with Gasteiger partial charge in [0.05, 0.1) is 11.4 Å². The van der Waals surface area contributed by atoms with Crippen LogP contribution in [0.15, 0.2) is 30.5 Å². The fourth-order valence-electron chi connectivity index (χ4n) is 1.89. The zero-order valence-electron chi connectivity index (χ0n) is 11.1. The highest BCUT2D eigenvalue weighted by Gasteiger charge is 2.02. The standard InChI is InChI=1S/C14H20N4/c1-3-12-10-14(18(2)17-12)11-15-9-7-13-6-4-5-8-16-13/h4-6,8,10,15H,3,7,9,11H2,1-2H3. The highest BCUT2D eigenvalue weighted by molar-refractivity contribution is 5.10. The van der Waals surface area contributed by atoms with Gasteiger partial charge in [-0.3, -0.25) is 9.67 Å². The Morgan fingerprint density at radius 2 is 2.17 bits per heavy atom. The number of hydrogen-bond acceptors (Lipinski definition) is 3. The first-order valence-corrected chi connectivity index (χ1v) is 6.42. The molecule has 0 unspecified atom stereocenters. The minimum atomic E-state index is 0.857. The number of nitrogens with one attached hydrogen (secondary N) is 1. The van der Waals surface area contributed by atoms with Gasteiger partial charge in [0, 0.05) is 38.4 Å². The topological polar surface area (TPSA) is 42.7 Å². The Morgan fingerprint density at radius 1 is 1.28 bits per heavy atom. The Balaban J connectivity index is 1.76. The highest BCUT2D eigenvalue weighted by atomic mass is 15.3. The second kappa shape index (κ2) is 6.31. The van der Waals surface area contributed by atoms with Crippen LogP contribution in [-0.4, -0.2) is 21.3 Å². The van der Waals surface area contributed by atoms with Crippen molar-refractivity contribution in [2.45, 2.75) is 26.3 Å². The maximum atomic E-state index is 4.43. The van der Waals surface area contributed by atoms with E-state index in [9.17, 15) is 0 Å². The summed E-state index contributed by atoms with van der Waals surface area (Å²) in [7, 11) is 1.99. The molecule has 0 radical (unpaired) electrons. The summed E-state index contributed by atoms with van der Waals surface area (Å²) >= 11 is 0. The maximum absolute atomic E-state index is 4.43. The number of hydrogen-bond donors (Lipinski definition) is 1. The lowest BCUT2D eigenvalue weighted by atomic mass is 10.2. The Hall–Kier alpha value is -1.68. The van der Waals surface area contributed by atoms with Crippen LogP contribution in [0.5, 0.6) is 0 Å². The van der Waals surface area contributed by atoms with Crippen molar-refractivity contribution in [1.29, 1.82) is 0 Å². The van der Waals surface area contributed by atoms with Crippen LogP contribution in [0.3, 0.4) is 0 Å². The molecule has 2 rings (SSSR count). The molecule has 1 N–H and O–H groups in total. The molecule has 0 aliphatic rings. The molecule has 18 heavy (non-hydrogen) atoms. The summed E-state index contributed by atoms with van der Waals surface area (Å²) in [5.74, 6) is 0. The predicted octanol–water partition coefficient (Wildman–Crippen LogP) is 1.71. The van der Waals surface area contributed by atoms with Gasteiger partial charge in [0.15, 0.2) is 0 Å². The monoisotopic (exact) mass is 244 g/mol. The molecular weight excluding hydrogens is 224 g/mol. The van der Waals surface area contributed by atoms with Crippen LogP contribution in [0, 0.1) is 0 Å². The van der Waals surface area contributed by atoms with Crippen LogP contribution in [-0.2, 0) is 26.4 Å². The van der Waals surface area contributed by atoms with Crippen molar-refractivity contribution in [1.82, 2.24) is 20.1 Å². The maximum Gasteiger partial charge on any atom is 0.0625 e. The number of rotatable bonds is 6. The SMILES string of the molecule is CCc1cc(CNCCc2ccccn2)n(C)n1. The summed E-state index contributed by atoms with van der Waals surface area (Å²) in [6, 6.07) is 8.19. The van der Waals surface area contributed by atoms with Gasteiger partial charge in [0.25, 0.3) is 0 Å². The van der Waals surface area contributed by atoms with E-state index in [0.29, 0.717) is 0 Å². The van der Waals surface area contributed by atoms with Crippen molar-refractivity contribution < 1.29 is 0 Å². The molecule has 0 aliphatic carbocycles. The van der Waals surface area contributed by atoms with Gasteiger partial charge >= 0.3 is 0 Å². The fourth-order valence-corrected chi connectivity index (χ4v) is 1.89. The van der Waals surface area contributed by atoms with E-state index in [4.69, 9.17) is 0 Å². The van der Waals surface area contributed by atoms with Gasteiger partial charge < -0.3 is 5.32 Å². The molecular formula is C14H20N4. The molecule has 2 aromatic heterocycles. The molecule has 0 spiro atoms. The van der Waals surface area contributed by atoms with Gasteiger partial charge in [-0.25, -0.2) is 0 Å². The van der Waals surface area contributed by atoms with Crippen molar-refractivity contribution in [3.05, 3.63) is 47.5 Å². The van der Waals surface area contributed by atoms with E-state index in [1.165, 1.54) is 5.69 Å². The average Bonchev–Trinajstić information content (AvgIpc) is 2.77. The number of nitrogens with zero attached hydrogens (tertiary/aromatic N) is 3. The molecule has 4 heteroatoms. The van der Waals surface area contributed by atoms with Gasteiger partial charge in [0.1, 0.15) is 0 Å². The van der Waals surface area contributed by atoms with E-state index in [-0.39, 0.29) is 0 Å². The van der Waals surface area contributed by atoms with Crippen LogP contribution < -0.4 is 5.32 Å². The lowest BCUT2D eigenvalue weighted by molar-refractivity contribution is 0.620. The van der Waals surface area contributed by atoms with E-state index in [1.54, 1.807) is 0 Å². The summed E-state index contributed by atoms with van der Waals surface area (Å²) in [5, 5.41) is 7.86. The molecule has 0 bridgehead atoms. The lowest BCUT2D eigenvalue weighted by Gasteiger charge is -2.04. The first-order valence-electron chi connectivity index (χ1n) is 6.42. The Labute approximate surface area is 108 Å². The third kappa shape index (κ3) is 3.40. The van der Waals surface area contributed by atoms with Crippen molar-refractivity contribution in [2.24, 2.45) is 7.05 Å². The first-order chi connectivity index (χ1) is 8.79. The van der Waals surface area contributed by atoms with Crippen LogP contribution in [0.25, 0.3) is 0 Å². The van der Waals surface area contributed by atoms with E-state index in [2.05, 4.69) is 34.5 Å². The van der Waals surface area contributed by atoms with E-state index in [1.807, 2.05) is 30.1 Å². The van der Waals surface area contributed by atoms with E-state index in [0.717, 1.165) is 37.3 Å². The van der Waals surface area contributed by atoms with Crippen molar-refractivity contribution in [3.8, 4) is 0 Å². The molecule has 0 aliphatic heterocycles. The quantitative estimate of drug-likeness (QED) is 0.787. The third-order valence-corrected chi connectivity index (χ3v) is 2.98. The largest absolute Gasteiger partial charge is 0.311 e. The molecule has 0 fully saturated rings. The summed E-state index contributed by atoms with van der Waals surface area (Å²) in [4.78, 5) is 4.30. The van der Waals surface area contributed by atoms with Gasteiger partial charge in [-0.1, -0.05) is 13.0 Å². The number of pyridine rings is 1. The molecule has 0 amide bonds. The van der Waals surface area contributed by atoms with Crippen LogP contribution in [0.1, 0.15) is 24.0 Å². The Morgan fingerprint density at radius 3 is 2.83 bits per heavy atom. The summed E-state index contributed by atoms with van der Waals surface area (Å²) in [5.41, 5.74) is 3.51. The molecule has 2 heterocycles. The zero-order chi connectivity index (χ0) is 12.8. The normalized spacial score (nSPS) is 10.8. The zero-order valence-corrected chi connectivity index (χ0v) is 11.1. The van der Waals surface area contributed by atoms with Gasteiger partial charge in [-0.2, -0.15) is 5.10 Å². The molecule has 0 saturated carbocycles. The van der Waals surface area contributed by atoms with Crippen LogP contribution in [0.2, 0.25) is 0 Å². The summed E-state index contributed by atoms with van der Waals surface area (Å²) < 4.78 is 1.95. The Bertz CT molecular complexity index is 476. The minimum absolute atomic E-state index is 0.857. The molecule has 4 nitrogen and oxygen atoms in total. The lowest BCUT2D eigenvalue weighted by Crippen LogP contribution is -2.18. The van der Waals surface area contributed by atoms with E-state index >= 15 is 0 Å². The van der Waals surface area contributed by atoms with E-state index < -0.39 is 0 Å². The van der Waals surface area contributed by atoms with Crippen molar-refractivity contribution >= 4 is 0 Å². The van der Waals surface area contributed by atoms with Gasteiger partial charge in [-0.15, -0.1) is 0 Å². The smallest absolute Gasteiger partial charge is 0.0625 e. The molecule has 0 saturated heterocycles. The first kappa shape index (κ1) is 12.8. The molecule has 96 valence electrons. The van der Waals surface area contributed by atoms with Crippen LogP contribution >= 0.6 is 0 Å². The molecule has 0 aromatic carbocycles. The van der Waals surface area contributed by atoms with Gasteiger partial charge in [-0.05, 0) is 24.6 Å². The average molecular weight is 244 g/mol. The Kier molecular flexibility index (Phi) is 4.47. The van der Waals surface area contributed by atoms with Crippen molar-refractivity contribution in [2.75, 3.05) is 6.54 Å². The highest BCUT2D eigenvalue weighted by Crippen LogP contribution is 2.03. The second-order valence-corrected chi connectivity index (χ2v) is 4.35. The minimum Gasteiger partial charge on any atom is -0.311 e. The third-order valence-electron chi connectivity index (χ3n) is 2.98. The summed E-state index contributed by atoms with van der Waals surface area (Å²) in [6.45, 7) is 3.92. The molecule has 2 aromatic rings. The predicted molar refractivity (Wildman–Crippen MR) is 72.2 cm³/mol. The number of aryl methyl sites for hydroxylation is 2. The second-order valence-electron chi connectivity index (χ2n) is 4.35. The van der Waals surface area contributed by atoms with Gasteiger partial charge in [0.2, 0.25) is 0 Å². The summed E-state index contributed by atoms with van der Waals surface area (Å²) in [6.07, 6.45) is 3.78.